The molecule has 2 aromatic heterocycles. The number of thiazole rings is 1. The number of aromatic carboxylic acids is 1. The van der Waals surface area contributed by atoms with Gasteiger partial charge in [0.2, 0.25) is 23.5 Å². The van der Waals surface area contributed by atoms with Crippen molar-refractivity contribution >= 4 is 67.9 Å². The molecule has 0 spiro atoms. The van der Waals surface area contributed by atoms with E-state index in [1.165, 1.54) is 25.1 Å². The molecular formula is C36H38N8O6S. The van der Waals surface area contributed by atoms with Gasteiger partial charge in [-0.25, -0.2) is 9.78 Å². The van der Waals surface area contributed by atoms with E-state index >= 15 is 0 Å². The van der Waals surface area contributed by atoms with Crippen molar-refractivity contribution in [2.45, 2.75) is 50.7 Å². The lowest BCUT2D eigenvalue weighted by atomic mass is 10.0. The minimum absolute atomic E-state index is 0.0500. The van der Waals surface area contributed by atoms with E-state index < -0.39 is 47.6 Å². The number of carbonyl (C=O) groups is 5. The third kappa shape index (κ3) is 9.54. The van der Waals surface area contributed by atoms with Crippen LogP contribution >= 0.6 is 11.3 Å². The summed E-state index contributed by atoms with van der Waals surface area (Å²) in [6.07, 6.45) is 2.49. The molecule has 0 saturated heterocycles. The van der Waals surface area contributed by atoms with Gasteiger partial charge in [0.15, 0.2) is 11.0 Å². The quantitative estimate of drug-likeness (QED) is 0.0345. The first kappa shape index (κ1) is 36.2. The smallest absolute Gasteiger partial charge is 0.335 e. The fourth-order valence-electron chi connectivity index (χ4n) is 5.66. The topological polar surface area (TPSA) is 235 Å². The van der Waals surface area contributed by atoms with Gasteiger partial charge in [-0.3, -0.25) is 24.2 Å². The van der Waals surface area contributed by atoms with Crippen LogP contribution in [0.15, 0.2) is 84.0 Å². The third-order valence-electron chi connectivity index (χ3n) is 8.13. The number of fused-ring (bicyclic) bond motifs is 2. The first-order chi connectivity index (χ1) is 24.5. The fraction of sp³-hybridized carbons (Fsp3) is 0.250. The average molecular weight is 711 g/mol. The van der Waals surface area contributed by atoms with Gasteiger partial charge in [-0.05, 0) is 48.2 Å². The summed E-state index contributed by atoms with van der Waals surface area (Å²) >= 11 is 1.01. The molecule has 3 atom stereocenters. The van der Waals surface area contributed by atoms with Gasteiger partial charge in [-0.1, -0.05) is 48.5 Å². The Morgan fingerprint density at radius 2 is 1.57 bits per heavy atom. The largest absolute Gasteiger partial charge is 0.478 e. The summed E-state index contributed by atoms with van der Waals surface area (Å²) in [5.74, 6) is -3.35. The Kier molecular flexibility index (Phi) is 11.7. The number of nitrogens with one attached hydrogen (secondary N) is 4. The molecule has 15 heteroatoms. The number of hydrogen-bond acceptors (Lipinski definition) is 8. The minimum atomic E-state index is -1.14. The number of amides is 3. The monoisotopic (exact) mass is 710 g/mol. The number of ketones is 1. The SMILES string of the molecule is CC(=O)N[C@@H](Cc1c[nH]c2ccccc12)C(=O)N[C@@H](Cc1ccccc1)C(=O)N[C@@H](CCCN=C(N)N)C(=O)c1nc2ccc(C(=O)O)cc2s1. The second kappa shape index (κ2) is 16.5. The molecule has 0 fully saturated rings. The zero-order valence-corrected chi connectivity index (χ0v) is 28.5. The molecule has 0 saturated carbocycles. The zero-order chi connectivity index (χ0) is 36.5. The number of guanidine groups is 1. The van der Waals surface area contributed by atoms with E-state index in [1.807, 2.05) is 54.6 Å². The van der Waals surface area contributed by atoms with Crippen LogP contribution in [0.5, 0.6) is 0 Å². The van der Waals surface area contributed by atoms with Crippen LogP contribution in [-0.2, 0) is 27.2 Å². The van der Waals surface area contributed by atoms with Crippen molar-refractivity contribution in [2.24, 2.45) is 16.5 Å². The number of aliphatic imine (C=N–C) groups is 1. The Morgan fingerprint density at radius 1 is 0.882 bits per heavy atom. The van der Waals surface area contributed by atoms with Gasteiger partial charge in [0.25, 0.3) is 0 Å². The fourth-order valence-corrected chi connectivity index (χ4v) is 6.66. The Morgan fingerprint density at radius 3 is 2.27 bits per heavy atom. The summed E-state index contributed by atoms with van der Waals surface area (Å²) in [5, 5.41) is 18.7. The molecule has 0 aliphatic heterocycles. The summed E-state index contributed by atoms with van der Waals surface area (Å²) in [5.41, 5.74) is 13.9. The number of aromatic amines is 1. The molecular weight excluding hydrogens is 673 g/mol. The number of hydrogen-bond donors (Lipinski definition) is 7. The molecule has 5 rings (SSSR count). The normalized spacial score (nSPS) is 12.8. The van der Waals surface area contributed by atoms with E-state index in [2.05, 4.69) is 30.9 Å². The average Bonchev–Trinajstić information content (AvgIpc) is 3.72. The van der Waals surface area contributed by atoms with Crippen LogP contribution in [0.2, 0.25) is 0 Å². The summed E-state index contributed by atoms with van der Waals surface area (Å²) in [4.78, 5) is 77.1. The standard InChI is InChI=1S/C36H38N8O6S/c1-20(45)41-29(17-23-19-40-25-11-6-5-10-24(23)25)33(48)43-28(16-21-8-3-2-4-9-21)32(47)42-27(12-7-15-39-36(37)38)31(46)34-44-26-14-13-22(35(49)50)18-30(26)51-34/h2-6,8-11,13-14,18-19,27-29,40H,7,12,15-17H2,1H3,(H,41,45)(H,42,47)(H,43,48)(H,49,50)(H4,37,38,39)/t27-,28-,29-/m0/s1. The highest BCUT2D eigenvalue weighted by molar-refractivity contribution is 7.20. The van der Waals surface area contributed by atoms with Crippen molar-refractivity contribution in [1.82, 2.24) is 25.9 Å². The highest BCUT2D eigenvalue weighted by atomic mass is 32.1. The van der Waals surface area contributed by atoms with Crippen LogP contribution in [0.3, 0.4) is 0 Å². The Labute approximate surface area is 296 Å². The lowest BCUT2D eigenvalue weighted by molar-refractivity contribution is -0.131. The van der Waals surface area contributed by atoms with Crippen molar-refractivity contribution in [1.29, 1.82) is 0 Å². The van der Waals surface area contributed by atoms with E-state index in [0.717, 1.165) is 33.4 Å². The molecule has 0 aliphatic rings. The van der Waals surface area contributed by atoms with Gasteiger partial charge in [-0.2, -0.15) is 0 Å². The number of aromatic nitrogens is 2. The van der Waals surface area contributed by atoms with Crippen molar-refractivity contribution in [2.75, 3.05) is 6.54 Å². The summed E-state index contributed by atoms with van der Waals surface area (Å²) < 4.78 is 0.497. The van der Waals surface area contributed by atoms with Crippen molar-refractivity contribution in [3.05, 3.63) is 101 Å². The number of nitrogens with zero attached hydrogens (tertiary/aromatic N) is 2. The number of benzene rings is 3. The minimum Gasteiger partial charge on any atom is -0.478 e. The molecule has 264 valence electrons. The molecule has 5 aromatic rings. The Balaban J connectivity index is 1.41. The number of carboxylic acid groups (broad SMARTS) is 1. The van der Waals surface area contributed by atoms with Crippen LogP contribution in [0.1, 0.15) is 51.1 Å². The van der Waals surface area contributed by atoms with Crippen LogP contribution in [0.4, 0.5) is 0 Å². The van der Waals surface area contributed by atoms with E-state index in [4.69, 9.17) is 11.5 Å². The number of nitrogens with two attached hydrogens (primary N) is 2. The Hall–Kier alpha value is -6.09. The number of carbonyl (C=O) groups excluding carboxylic acids is 4. The molecule has 0 radical (unpaired) electrons. The summed E-state index contributed by atoms with van der Waals surface area (Å²) in [6, 6.07) is 17.8. The third-order valence-corrected chi connectivity index (χ3v) is 9.17. The molecule has 2 heterocycles. The number of rotatable bonds is 16. The maximum atomic E-state index is 14.1. The summed E-state index contributed by atoms with van der Waals surface area (Å²) in [6.45, 7) is 1.51. The van der Waals surface area contributed by atoms with Crippen LogP contribution < -0.4 is 27.4 Å². The van der Waals surface area contributed by atoms with Crippen LogP contribution in [-0.4, -0.2) is 75.2 Å². The van der Waals surface area contributed by atoms with Crippen LogP contribution in [0, 0.1) is 0 Å². The predicted octanol–water partition coefficient (Wildman–Crippen LogP) is 2.67. The van der Waals surface area contributed by atoms with Crippen molar-refractivity contribution in [3.63, 3.8) is 0 Å². The lowest BCUT2D eigenvalue weighted by Crippen LogP contribution is -2.56. The van der Waals surface area contributed by atoms with Crippen molar-refractivity contribution in [3.8, 4) is 0 Å². The zero-order valence-electron chi connectivity index (χ0n) is 27.7. The highest BCUT2D eigenvalue weighted by Gasteiger charge is 2.31. The van der Waals surface area contributed by atoms with Gasteiger partial charge in [0, 0.05) is 43.4 Å². The van der Waals surface area contributed by atoms with Gasteiger partial charge in [0.1, 0.15) is 12.1 Å². The molecule has 0 unspecified atom stereocenters. The highest BCUT2D eigenvalue weighted by Crippen LogP contribution is 2.25. The molecule has 3 amide bonds. The maximum Gasteiger partial charge on any atom is 0.335 e. The van der Waals surface area contributed by atoms with Gasteiger partial charge in [0.05, 0.1) is 21.8 Å². The maximum absolute atomic E-state index is 14.1. The number of Topliss-reactive ketones (excluding diaryl/α,β-unsaturated/α-hetero) is 1. The van der Waals surface area contributed by atoms with Gasteiger partial charge in [-0.15, -0.1) is 11.3 Å². The molecule has 14 nitrogen and oxygen atoms in total. The van der Waals surface area contributed by atoms with Gasteiger partial charge < -0.3 is 37.5 Å². The Bertz CT molecular complexity index is 2090. The van der Waals surface area contributed by atoms with Crippen LogP contribution in [0.25, 0.3) is 21.1 Å². The van der Waals surface area contributed by atoms with E-state index in [-0.39, 0.29) is 42.3 Å². The van der Waals surface area contributed by atoms with E-state index in [9.17, 15) is 29.1 Å². The predicted molar refractivity (Wildman–Crippen MR) is 194 cm³/mol. The number of H-pyrrole nitrogens is 1. The second-order valence-corrected chi connectivity index (χ2v) is 13.0. The molecule has 3 aromatic carbocycles. The second-order valence-electron chi connectivity index (χ2n) is 11.9. The molecule has 0 bridgehead atoms. The molecule has 9 N–H and O–H groups in total. The van der Waals surface area contributed by atoms with E-state index in [0.29, 0.717) is 16.6 Å². The lowest BCUT2D eigenvalue weighted by Gasteiger charge is -2.25. The first-order valence-corrected chi connectivity index (χ1v) is 17.0. The number of para-hydroxylation sites is 1. The first-order valence-electron chi connectivity index (χ1n) is 16.2. The van der Waals surface area contributed by atoms with Gasteiger partial charge >= 0.3 is 5.97 Å². The van der Waals surface area contributed by atoms with Crippen molar-refractivity contribution < 1.29 is 29.1 Å². The number of carboxylic acids is 1. The summed E-state index contributed by atoms with van der Waals surface area (Å²) in [7, 11) is 0. The van der Waals surface area contributed by atoms with E-state index in [1.54, 1.807) is 6.20 Å². The molecule has 51 heavy (non-hydrogen) atoms. The molecule has 0 aliphatic carbocycles.